The topological polar surface area (TPSA) is 120 Å². The summed E-state index contributed by atoms with van der Waals surface area (Å²) in [4.78, 5) is 50.9. The molecule has 3 aromatic rings. The first-order valence-electron chi connectivity index (χ1n) is 11.0. The first-order chi connectivity index (χ1) is 16.6. The number of carbonyl (C=O) groups excluding carboxylic acids is 3. The van der Waals surface area contributed by atoms with Crippen LogP contribution in [0.25, 0.3) is 10.6 Å². The van der Waals surface area contributed by atoms with Crippen molar-refractivity contribution in [3.63, 3.8) is 0 Å². The number of ether oxygens (including phenoxy) is 2. The van der Waals surface area contributed by atoms with E-state index in [9.17, 15) is 14.4 Å². The highest BCUT2D eigenvalue weighted by atomic mass is 32.1. The van der Waals surface area contributed by atoms with Crippen LogP contribution >= 0.6 is 11.3 Å². The van der Waals surface area contributed by atoms with Crippen LogP contribution in [0.1, 0.15) is 42.9 Å². The van der Waals surface area contributed by atoms with E-state index in [1.807, 2.05) is 0 Å². The zero-order valence-electron chi connectivity index (χ0n) is 20.1. The Hall–Kier alpha value is -3.80. The summed E-state index contributed by atoms with van der Waals surface area (Å²) in [5, 5.41) is 4.14. The molecule has 4 heterocycles. The van der Waals surface area contributed by atoms with Crippen molar-refractivity contribution in [2.75, 3.05) is 18.1 Å². The highest BCUT2D eigenvalue weighted by Gasteiger charge is 2.33. The number of esters is 1. The molecule has 0 saturated carbocycles. The molecule has 11 nitrogen and oxygen atoms in total. The van der Waals surface area contributed by atoms with Gasteiger partial charge in [-0.15, -0.1) is 11.3 Å². The summed E-state index contributed by atoms with van der Waals surface area (Å²) in [6.45, 7) is 7.56. The normalized spacial score (nSPS) is 13.1. The Labute approximate surface area is 206 Å². The summed E-state index contributed by atoms with van der Waals surface area (Å²) < 4.78 is 12.1. The lowest BCUT2D eigenvalue weighted by molar-refractivity contribution is -0.143. The Morgan fingerprint density at radius 3 is 2.63 bits per heavy atom. The summed E-state index contributed by atoms with van der Waals surface area (Å²) in [5.41, 5.74) is 0.357. The number of anilines is 2. The van der Waals surface area contributed by atoms with E-state index in [2.05, 4.69) is 15.1 Å². The predicted molar refractivity (Wildman–Crippen MR) is 128 cm³/mol. The summed E-state index contributed by atoms with van der Waals surface area (Å²) >= 11 is 1.41. The first kappa shape index (κ1) is 24.3. The van der Waals surface area contributed by atoms with Crippen molar-refractivity contribution in [2.45, 2.75) is 39.8 Å². The lowest BCUT2D eigenvalue weighted by atomic mass is 10.2. The van der Waals surface area contributed by atoms with Crippen LogP contribution in [-0.4, -0.2) is 61.4 Å². The van der Waals surface area contributed by atoms with Gasteiger partial charge in [0.05, 0.1) is 35.5 Å². The molecule has 0 aromatic carbocycles. The van der Waals surface area contributed by atoms with E-state index in [-0.39, 0.29) is 25.0 Å². The van der Waals surface area contributed by atoms with Gasteiger partial charge in [0.2, 0.25) is 5.95 Å². The third-order valence-electron chi connectivity index (χ3n) is 4.98. The molecule has 0 saturated heterocycles. The van der Waals surface area contributed by atoms with Gasteiger partial charge < -0.3 is 14.4 Å². The fraction of sp³-hybridized carbons (Fsp3) is 0.391. The summed E-state index contributed by atoms with van der Waals surface area (Å²) in [6.07, 6.45) is 2.47. The summed E-state index contributed by atoms with van der Waals surface area (Å²) in [5.74, 6) is -0.108. The molecule has 2 amide bonds. The Bertz CT molecular complexity index is 1280. The minimum atomic E-state index is -0.726. The SMILES string of the molecule is CCOC(=O)CN1Cc2sc(-c3ccnc(N(C(=O)OC(C)(C)C)c4ccnn4C)n3)cc2C1=O. The van der Waals surface area contributed by atoms with E-state index < -0.39 is 17.7 Å². The fourth-order valence-electron chi connectivity index (χ4n) is 3.52. The Morgan fingerprint density at radius 2 is 2.00 bits per heavy atom. The van der Waals surface area contributed by atoms with E-state index in [1.54, 1.807) is 65.3 Å². The van der Waals surface area contributed by atoms with Gasteiger partial charge in [-0.25, -0.2) is 14.8 Å². The number of hydrogen-bond acceptors (Lipinski definition) is 9. The van der Waals surface area contributed by atoms with Gasteiger partial charge in [-0.2, -0.15) is 10.00 Å². The average Bonchev–Trinajstić information content (AvgIpc) is 3.45. The maximum atomic E-state index is 13.1. The molecule has 0 fully saturated rings. The number of fused-ring (bicyclic) bond motifs is 1. The number of aryl methyl sites for hydroxylation is 1. The lowest BCUT2D eigenvalue weighted by Gasteiger charge is -2.26. The maximum absolute atomic E-state index is 13.1. The van der Waals surface area contributed by atoms with Crippen molar-refractivity contribution < 1.29 is 23.9 Å². The minimum Gasteiger partial charge on any atom is -0.465 e. The smallest absolute Gasteiger partial charge is 0.423 e. The van der Waals surface area contributed by atoms with Crippen LogP contribution in [-0.2, 0) is 27.9 Å². The standard InChI is InChI=1S/C23H26N6O5S/c1-6-33-19(30)13-28-12-17-14(20(28)31)11-16(35-17)15-7-9-24-21(26-15)29(18-8-10-25-27(18)5)22(32)34-23(2,3)4/h7-11H,6,12-13H2,1-5H3. The van der Waals surface area contributed by atoms with Crippen molar-refractivity contribution in [3.8, 4) is 10.6 Å². The second-order valence-electron chi connectivity index (χ2n) is 8.78. The van der Waals surface area contributed by atoms with Crippen LogP contribution in [0, 0.1) is 0 Å². The van der Waals surface area contributed by atoms with E-state index in [1.165, 1.54) is 25.8 Å². The van der Waals surface area contributed by atoms with Crippen LogP contribution < -0.4 is 4.90 Å². The molecule has 0 spiro atoms. The van der Waals surface area contributed by atoms with Crippen LogP contribution in [0.3, 0.4) is 0 Å². The first-order valence-corrected chi connectivity index (χ1v) is 11.8. The lowest BCUT2D eigenvalue weighted by Crippen LogP contribution is -2.35. The van der Waals surface area contributed by atoms with Gasteiger partial charge in [-0.3, -0.25) is 14.3 Å². The van der Waals surface area contributed by atoms with E-state index in [0.717, 1.165) is 9.75 Å². The van der Waals surface area contributed by atoms with E-state index >= 15 is 0 Å². The highest BCUT2D eigenvalue weighted by Crippen LogP contribution is 2.37. The van der Waals surface area contributed by atoms with Crippen LogP contribution in [0.15, 0.2) is 30.6 Å². The monoisotopic (exact) mass is 498 g/mol. The van der Waals surface area contributed by atoms with Gasteiger partial charge in [0.15, 0.2) is 0 Å². The predicted octanol–water partition coefficient (Wildman–Crippen LogP) is 3.53. The molecular formula is C23H26N6O5S. The van der Waals surface area contributed by atoms with Gasteiger partial charge in [-0.1, -0.05) is 0 Å². The van der Waals surface area contributed by atoms with E-state index in [4.69, 9.17) is 9.47 Å². The second kappa shape index (κ2) is 9.45. The molecule has 4 rings (SSSR count). The van der Waals surface area contributed by atoms with Crippen molar-refractivity contribution >= 4 is 41.1 Å². The number of nitrogens with zero attached hydrogens (tertiary/aromatic N) is 6. The molecule has 184 valence electrons. The summed E-state index contributed by atoms with van der Waals surface area (Å²) in [6, 6.07) is 5.12. The van der Waals surface area contributed by atoms with Crippen molar-refractivity contribution in [1.29, 1.82) is 0 Å². The third-order valence-corrected chi connectivity index (χ3v) is 6.12. The molecule has 0 aliphatic carbocycles. The molecule has 0 atom stereocenters. The van der Waals surface area contributed by atoms with Gasteiger partial charge in [0, 0.05) is 24.2 Å². The maximum Gasteiger partial charge on any atom is 0.423 e. The summed E-state index contributed by atoms with van der Waals surface area (Å²) in [7, 11) is 1.70. The minimum absolute atomic E-state index is 0.0867. The highest BCUT2D eigenvalue weighted by molar-refractivity contribution is 7.15. The average molecular weight is 499 g/mol. The zero-order valence-corrected chi connectivity index (χ0v) is 21.0. The molecular weight excluding hydrogens is 472 g/mol. The molecule has 3 aromatic heterocycles. The van der Waals surface area contributed by atoms with Crippen molar-refractivity contribution in [3.05, 3.63) is 41.0 Å². The van der Waals surface area contributed by atoms with Crippen LogP contribution in [0.5, 0.6) is 0 Å². The zero-order chi connectivity index (χ0) is 25.3. The Kier molecular flexibility index (Phi) is 6.57. The van der Waals surface area contributed by atoms with Crippen molar-refractivity contribution in [1.82, 2.24) is 24.6 Å². The Morgan fingerprint density at radius 1 is 1.23 bits per heavy atom. The molecule has 0 N–H and O–H groups in total. The number of thiophene rings is 1. The fourth-order valence-corrected chi connectivity index (χ4v) is 4.66. The second-order valence-corrected chi connectivity index (χ2v) is 9.92. The van der Waals surface area contributed by atoms with Gasteiger partial charge in [0.1, 0.15) is 18.0 Å². The molecule has 0 bridgehead atoms. The largest absolute Gasteiger partial charge is 0.465 e. The molecule has 0 radical (unpaired) electrons. The van der Waals surface area contributed by atoms with Crippen molar-refractivity contribution in [2.24, 2.45) is 7.05 Å². The van der Waals surface area contributed by atoms with Crippen LogP contribution in [0.4, 0.5) is 16.6 Å². The van der Waals surface area contributed by atoms with Gasteiger partial charge in [-0.05, 0) is 39.8 Å². The third kappa shape index (κ3) is 5.16. The molecule has 12 heteroatoms. The quantitative estimate of drug-likeness (QED) is 0.474. The van der Waals surface area contributed by atoms with Gasteiger partial charge >= 0.3 is 12.1 Å². The number of amides is 2. The van der Waals surface area contributed by atoms with Gasteiger partial charge in [0.25, 0.3) is 5.91 Å². The molecule has 1 aliphatic heterocycles. The number of aromatic nitrogens is 4. The van der Waals surface area contributed by atoms with Crippen LogP contribution in [0.2, 0.25) is 0 Å². The number of hydrogen-bond donors (Lipinski definition) is 0. The number of carbonyl (C=O) groups is 3. The molecule has 0 unspecified atom stereocenters. The van der Waals surface area contributed by atoms with E-state index in [0.29, 0.717) is 23.6 Å². The number of rotatable bonds is 6. The molecule has 35 heavy (non-hydrogen) atoms. The Balaban J connectivity index is 1.63. The molecule has 1 aliphatic rings.